The molecule has 0 amide bonds. The van der Waals surface area contributed by atoms with Crippen LogP contribution in [0.25, 0.3) is 0 Å². The van der Waals surface area contributed by atoms with Crippen LogP contribution in [0.15, 0.2) is 30.3 Å². The highest BCUT2D eigenvalue weighted by atomic mass is 32.2. The third-order valence-corrected chi connectivity index (χ3v) is 4.93. The van der Waals surface area contributed by atoms with Gasteiger partial charge < -0.3 is 0 Å². The summed E-state index contributed by atoms with van der Waals surface area (Å²) in [5.74, 6) is 0.296. The predicted molar refractivity (Wildman–Crippen MR) is 74.3 cm³/mol. The highest BCUT2D eigenvalue weighted by Crippen LogP contribution is 2.41. The van der Waals surface area contributed by atoms with Crippen LogP contribution in [0, 0.1) is 0 Å². The Labute approximate surface area is 108 Å². The van der Waals surface area contributed by atoms with Gasteiger partial charge in [-0.1, -0.05) is 43.2 Å². The number of benzene rings is 1. The first-order chi connectivity index (χ1) is 8.25. The van der Waals surface area contributed by atoms with Gasteiger partial charge in [-0.25, -0.2) is 0 Å². The molecule has 17 heavy (non-hydrogen) atoms. The van der Waals surface area contributed by atoms with Crippen molar-refractivity contribution in [2.45, 2.75) is 49.5 Å². The van der Waals surface area contributed by atoms with Crippen molar-refractivity contribution >= 4 is 17.5 Å². The van der Waals surface area contributed by atoms with Crippen molar-refractivity contribution < 1.29 is 4.79 Å². The maximum atomic E-state index is 11.4. The molecule has 1 aliphatic rings. The van der Waals surface area contributed by atoms with E-state index >= 15 is 0 Å². The van der Waals surface area contributed by atoms with Crippen LogP contribution in [-0.4, -0.2) is 11.0 Å². The lowest BCUT2D eigenvalue weighted by Gasteiger charge is -2.19. The molecule has 1 aromatic rings. The van der Waals surface area contributed by atoms with E-state index < -0.39 is 0 Å². The summed E-state index contributed by atoms with van der Waals surface area (Å²) in [6, 6.07) is 10.5. The normalized spacial score (nSPS) is 18.2. The van der Waals surface area contributed by atoms with Crippen LogP contribution in [0.1, 0.15) is 49.8 Å². The lowest BCUT2D eigenvalue weighted by atomic mass is 10.1. The van der Waals surface area contributed by atoms with Crippen molar-refractivity contribution in [2.24, 2.45) is 0 Å². The Bertz CT molecular complexity index is 354. The Kier molecular flexibility index (Phi) is 4.66. The molecule has 0 spiro atoms. The van der Waals surface area contributed by atoms with Gasteiger partial charge in [0.25, 0.3) is 0 Å². The van der Waals surface area contributed by atoms with Gasteiger partial charge in [0.15, 0.2) is 0 Å². The molecule has 2 heteroatoms. The summed E-state index contributed by atoms with van der Waals surface area (Å²) in [7, 11) is 0. The van der Waals surface area contributed by atoms with E-state index in [4.69, 9.17) is 0 Å². The smallest absolute Gasteiger partial charge is 0.131 e. The summed E-state index contributed by atoms with van der Waals surface area (Å²) in [6.45, 7) is 1.70. The molecular formula is C15H20OS. The molecule has 0 unspecified atom stereocenters. The molecule has 0 saturated heterocycles. The number of carbonyl (C=O) groups is 1. The van der Waals surface area contributed by atoms with Crippen molar-refractivity contribution in [1.82, 2.24) is 0 Å². The fraction of sp³-hybridized carbons (Fsp3) is 0.533. The standard InChI is InChI=1S/C15H20OS/c1-12(16)11-15(13-7-3-2-4-8-13)17-14-9-5-6-10-14/h2-4,7-8,14-15H,5-6,9-11H2,1H3/t15-/m0/s1. The largest absolute Gasteiger partial charge is 0.300 e. The van der Waals surface area contributed by atoms with E-state index in [9.17, 15) is 4.79 Å². The molecule has 1 fully saturated rings. The van der Waals surface area contributed by atoms with Crippen molar-refractivity contribution in [3.63, 3.8) is 0 Å². The summed E-state index contributed by atoms with van der Waals surface area (Å²) in [5, 5.41) is 1.12. The molecule has 0 radical (unpaired) electrons. The highest BCUT2D eigenvalue weighted by molar-refractivity contribution is 8.00. The van der Waals surface area contributed by atoms with E-state index in [0.717, 1.165) is 5.25 Å². The zero-order valence-electron chi connectivity index (χ0n) is 10.4. The molecule has 1 saturated carbocycles. The van der Waals surface area contributed by atoms with Crippen LogP contribution in [0.2, 0.25) is 0 Å². The van der Waals surface area contributed by atoms with E-state index in [-0.39, 0.29) is 0 Å². The number of ketones is 1. The zero-order chi connectivity index (χ0) is 12.1. The molecule has 0 heterocycles. The Hall–Kier alpha value is -0.760. The van der Waals surface area contributed by atoms with Crippen LogP contribution >= 0.6 is 11.8 Å². The zero-order valence-corrected chi connectivity index (χ0v) is 11.2. The van der Waals surface area contributed by atoms with Crippen LogP contribution in [0.4, 0.5) is 0 Å². The Balaban J connectivity index is 2.04. The van der Waals surface area contributed by atoms with Crippen molar-refractivity contribution in [3.8, 4) is 0 Å². The molecule has 1 aromatic carbocycles. The van der Waals surface area contributed by atoms with Crippen molar-refractivity contribution in [1.29, 1.82) is 0 Å². The minimum absolute atomic E-state index is 0.296. The number of hydrogen-bond acceptors (Lipinski definition) is 2. The average Bonchev–Trinajstić information content (AvgIpc) is 2.82. The molecule has 92 valence electrons. The Morgan fingerprint density at radius 2 is 1.94 bits per heavy atom. The Morgan fingerprint density at radius 1 is 1.29 bits per heavy atom. The van der Waals surface area contributed by atoms with Gasteiger partial charge in [-0.3, -0.25) is 4.79 Å². The van der Waals surface area contributed by atoms with Gasteiger partial charge in [-0.2, -0.15) is 0 Å². The number of carbonyl (C=O) groups excluding carboxylic acids is 1. The molecule has 0 aromatic heterocycles. The van der Waals surface area contributed by atoms with Crippen molar-refractivity contribution in [2.75, 3.05) is 0 Å². The molecule has 0 bridgehead atoms. The summed E-state index contributed by atoms with van der Waals surface area (Å²) >= 11 is 2.01. The monoisotopic (exact) mass is 248 g/mol. The number of hydrogen-bond donors (Lipinski definition) is 0. The number of Topliss-reactive ketones (excluding diaryl/α,β-unsaturated/α-hetero) is 1. The molecule has 1 nitrogen and oxygen atoms in total. The molecule has 2 rings (SSSR count). The first-order valence-corrected chi connectivity index (χ1v) is 7.40. The van der Waals surface area contributed by atoms with Gasteiger partial charge in [-0.05, 0) is 25.3 Å². The second-order valence-electron chi connectivity index (χ2n) is 4.85. The van der Waals surface area contributed by atoms with Crippen molar-refractivity contribution in [3.05, 3.63) is 35.9 Å². The SMILES string of the molecule is CC(=O)C[C@H](SC1CCCC1)c1ccccc1. The van der Waals surface area contributed by atoms with E-state index in [0.29, 0.717) is 17.5 Å². The van der Waals surface area contributed by atoms with E-state index in [2.05, 4.69) is 24.3 Å². The third-order valence-electron chi connectivity index (χ3n) is 3.30. The van der Waals surface area contributed by atoms with Crippen LogP contribution in [0.5, 0.6) is 0 Å². The molecule has 0 aliphatic heterocycles. The van der Waals surface area contributed by atoms with Crippen LogP contribution in [-0.2, 0) is 4.79 Å². The topological polar surface area (TPSA) is 17.1 Å². The van der Waals surface area contributed by atoms with Crippen LogP contribution in [0.3, 0.4) is 0 Å². The van der Waals surface area contributed by atoms with Crippen LogP contribution < -0.4 is 0 Å². The van der Waals surface area contributed by atoms with Gasteiger partial charge >= 0.3 is 0 Å². The quantitative estimate of drug-likeness (QED) is 0.769. The predicted octanol–water partition coefficient (Wildman–Crippen LogP) is 4.38. The van der Waals surface area contributed by atoms with Gasteiger partial charge in [0.05, 0.1) is 0 Å². The van der Waals surface area contributed by atoms with Gasteiger partial charge in [0.2, 0.25) is 0 Å². The summed E-state index contributed by atoms with van der Waals surface area (Å²) < 4.78 is 0. The summed E-state index contributed by atoms with van der Waals surface area (Å²) in [6.07, 6.45) is 6.04. The number of rotatable bonds is 5. The maximum Gasteiger partial charge on any atom is 0.131 e. The van der Waals surface area contributed by atoms with Gasteiger partial charge in [0.1, 0.15) is 5.78 Å². The first kappa shape index (κ1) is 12.7. The van der Waals surface area contributed by atoms with Gasteiger partial charge in [-0.15, -0.1) is 11.8 Å². The summed E-state index contributed by atoms with van der Waals surface area (Å²) in [5.41, 5.74) is 1.31. The molecular weight excluding hydrogens is 228 g/mol. The molecule has 1 atom stereocenters. The average molecular weight is 248 g/mol. The van der Waals surface area contributed by atoms with E-state index in [1.807, 2.05) is 17.8 Å². The lowest BCUT2D eigenvalue weighted by Crippen LogP contribution is -2.06. The minimum Gasteiger partial charge on any atom is -0.300 e. The molecule has 0 N–H and O–H groups in total. The number of thioether (sulfide) groups is 1. The maximum absolute atomic E-state index is 11.4. The third kappa shape index (κ3) is 3.88. The fourth-order valence-corrected chi connectivity index (χ4v) is 4.15. The van der Waals surface area contributed by atoms with E-state index in [1.54, 1.807) is 6.92 Å². The first-order valence-electron chi connectivity index (χ1n) is 6.45. The lowest BCUT2D eigenvalue weighted by molar-refractivity contribution is -0.117. The van der Waals surface area contributed by atoms with Gasteiger partial charge in [0, 0.05) is 16.9 Å². The second kappa shape index (κ2) is 6.25. The molecule has 1 aliphatic carbocycles. The fourth-order valence-electron chi connectivity index (χ4n) is 2.43. The second-order valence-corrected chi connectivity index (χ2v) is 6.36. The summed E-state index contributed by atoms with van der Waals surface area (Å²) in [4.78, 5) is 11.4. The minimum atomic E-state index is 0.296. The Morgan fingerprint density at radius 3 is 2.53 bits per heavy atom. The van der Waals surface area contributed by atoms with E-state index in [1.165, 1.54) is 31.2 Å². The highest BCUT2D eigenvalue weighted by Gasteiger charge is 2.22.